The molecule has 21 heavy (non-hydrogen) atoms. The highest BCUT2D eigenvalue weighted by atomic mass is 15.3. The largest absolute Gasteiger partial charge is 0.260 e. The maximum atomic E-state index is 8.88. The molecule has 0 atom stereocenters. The van der Waals surface area contributed by atoms with Gasteiger partial charge in [0.05, 0.1) is 30.4 Å². The molecule has 2 aromatic carbocycles. The van der Waals surface area contributed by atoms with E-state index in [1.165, 1.54) is 5.56 Å². The van der Waals surface area contributed by atoms with Crippen LogP contribution in [0.5, 0.6) is 0 Å². The van der Waals surface area contributed by atoms with E-state index >= 15 is 0 Å². The fourth-order valence-corrected chi connectivity index (χ4v) is 2.36. The molecule has 0 spiro atoms. The number of rotatable bonds is 4. The predicted molar refractivity (Wildman–Crippen MR) is 82.5 cm³/mol. The first-order chi connectivity index (χ1) is 10.4. The van der Waals surface area contributed by atoms with Crippen molar-refractivity contribution in [3.05, 3.63) is 78.0 Å². The lowest BCUT2D eigenvalue weighted by Gasteiger charge is -2.07. The minimum atomic E-state index is 0.335. The molecule has 102 valence electrons. The van der Waals surface area contributed by atoms with Crippen LogP contribution in [0.25, 0.3) is 11.3 Å². The van der Waals surface area contributed by atoms with Crippen LogP contribution in [0.4, 0.5) is 0 Å². The summed E-state index contributed by atoms with van der Waals surface area (Å²) in [6.45, 7) is 0.705. The summed E-state index contributed by atoms with van der Waals surface area (Å²) >= 11 is 0. The van der Waals surface area contributed by atoms with Gasteiger partial charge >= 0.3 is 0 Å². The molecule has 3 rings (SSSR count). The molecular formula is C18H15N3. The van der Waals surface area contributed by atoms with Gasteiger partial charge in [-0.2, -0.15) is 10.4 Å². The Morgan fingerprint density at radius 2 is 1.62 bits per heavy atom. The maximum absolute atomic E-state index is 8.88. The highest BCUT2D eigenvalue weighted by molar-refractivity contribution is 5.60. The average molecular weight is 273 g/mol. The van der Waals surface area contributed by atoms with Gasteiger partial charge in [-0.25, -0.2) is 0 Å². The van der Waals surface area contributed by atoms with Gasteiger partial charge in [0.25, 0.3) is 0 Å². The summed E-state index contributed by atoms with van der Waals surface area (Å²) in [6, 6.07) is 24.5. The second kappa shape index (κ2) is 6.06. The molecule has 3 aromatic rings. The summed E-state index contributed by atoms with van der Waals surface area (Å²) in [5.74, 6) is 0. The van der Waals surface area contributed by atoms with Crippen molar-refractivity contribution in [1.29, 1.82) is 5.26 Å². The van der Waals surface area contributed by atoms with Crippen molar-refractivity contribution in [1.82, 2.24) is 9.78 Å². The van der Waals surface area contributed by atoms with Crippen LogP contribution < -0.4 is 0 Å². The van der Waals surface area contributed by atoms with Crippen LogP contribution in [0.3, 0.4) is 0 Å². The van der Waals surface area contributed by atoms with Gasteiger partial charge in [0.1, 0.15) is 0 Å². The summed E-state index contributed by atoms with van der Waals surface area (Å²) in [4.78, 5) is 0. The van der Waals surface area contributed by atoms with Gasteiger partial charge in [0, 0.05) is 0 Å². The molecule has 0 aliphatic rings. The molecule has 3 nitrogen and oxygen atoms in total. The molecule has 3 heteroatoms. The van der Waals surface area contributed by atoms with Crippen molar-refractivity contribution >= 4 is 0 Å². The summed E-state index contributed by atoms with van der Waals surface area (Å²) in [5, 5.41) is 13.4. The monoisotopic (exact) mass is 273 g/mol. The number of nitriles is 1. The van der Waals surface area contributed by atoms with Crippen LogP contribution in [-0.4, -0.2) is 9.78 Å². The fourth-order valence-electron chi connectivity index (χ4n) is 2.36. The van der Waals surface area contributed by atoms with Crippen molar-refractivity contribution in [3.8, 4) is 17.3 Å². The second-order valence-corrected chi connectivity index (χ2v) is 4.87. The molecule has 0 saturated heterocycles. The summed E-state index contributed by atoms with van der Waals surface area (Å²) in [6.07, 6.45) is 0.335. The molecular weight excluding hydrogens is 258 g/mol. The molecule has 0 N–H and O–H groups in total. The highest BCUT2D eigenvalue weighted by Crippen LogP contribution is 2.21. The van der Waals surface area contributed by atoms with Gasteiger partial charge in [0.2, 0.25) is 0 Å². The van der Waals surface area contributed by atoms with E-state index in [1.807, 2.05) is 47.1 Å². The molecule has 0 unspecified atom stereocenters. The standard InChI is InChI=1S/C18H15N3/c19-12-11-17-13-18(16-9-5-2-6-10-16)21(20-17)14-15-7-3-1-4-8-15/h1-10,13H,11,14H2. The lowest BCUT2D eigenvalue weighted by atomic mass is 10.1. The zero-order chi connectivity index (χ0) is 14.5. The number of benzene rings is 2. The Hall–Kier alpha value is -2.86. The third-order valence-electron chi connectivity index (χ3n) is 3.34. The van der Waals surface area contributed by atoms with Gasteiger partial charge in [0.15, 0.2) is 0 Å². The van der Waals surface area contributed by atoms with Crippen molar-refractivity contribution in [2.45, 2.75) is 13.0 Å². The topological polar surface area (TPSA) is 41.6 Å². The molecule has 0 bridgehead atoms. The van der Waals surface area contributed by atoms with Gasteiger partial charge in [-0.3, -0.25) is 4.68 Å². The fraction of sp³-hybridized carbons (Fsp3) is 0.111. The quantitative estimate of drug-likeness (QED) is 0.728. The number of hydrogen-bond donors (Lipinski definition) is 0. The smallest absolute Gasteiger partial charge is 0.0793 e. The highest BCUT2D eigenvalue weighted by Gasteiger charge is 2.10. The molecule has 0 saturated carbocycles. The maximum Gasteiger partial charge on any atom is 0.0793 e. The number of hydrogen-bond acceptors (Lipinski definition) is 2. The zero-order valence-corrected chi connectivity index (χ0v) is 11.6. The van der Waals surface area contributed by atoms with Crippen LogP contribution in [0.1, 0.15) is 11.3 Å². The van der Waals surface area contributed by atoms with E-state index in [1.54, 1.807) is 0 Å². The van der Waals surface area contributed by atoms with Crippen molar-refractivity contribution < 1.29 is 0 Å². The lowest BCUT2D eigenvalue weighted by Crippen LogP contribution is -2.04. The van der Waals surface area contributed by atoms with Gasteiger partial charge in [-0.15, -0.1) is 0 Å². The van der Waals surface area contributed by atoms with Gasteiger partial charge in [-0.1, -0.05) is 60.7 Å². The first kappa shape index (κ1) is 13.1. The minimum absolute atomic E-state index is 0.335. The van der Waals surface area contributed by atoms with Gasteiger partial charge < -0.3 is 0 Å². The predicted octanol–water partition coefficient (Wildman–Crippen LogP) is 3.66. The van der Waals surface area contributed by atoms with Crippen molar-refractivity contribution in [2.24, 2.45) is 0 Å². The van der Waals surface area contributed by atoms with E-state index in [9.17, 15) is 0 Å². The Morgan fingerprint density at radius 3 is 2.29 bits per heavy atom. The molecule has 0 aliphatic carbocycles. The first-order valence-electron chi connectivity index (χ1n) is 6.90. The van der Waals surface area contributed by atoms with E-state index in [-0.39, 0.29) is 0 Å². The Bertz CT molecular complexity index is 752. The van der Waals surface area contributed by atoms with Crippen LogP contribution in [0.2, 0.25) is 0 Å². The third-order valence-corrected chi connectivity index (χ3v) is 3.34. The normalized spacial score (nSPS) is 10.2. The molecule has 0 aliphatic heterocycles. The molecule has 0 fully saturated rings. The van der Waals surface area contributed by atoms with E-state index < -0.39 is 0 Å². The van der Waals surface area contributed by atoms with Crippen molar-refractivity contribution in [2.75, 3.05) is 0 Å². The number of aromatic nitrogens is 2. The Balaban J connectivity index is 2.00. The summed E-state index contributed by atoms with van der Waals surface area (Å²) in [5.41, 5.74) is 4.17. The second-order valence-electron chi connectivity index (χ2n) is 4.87. The van der Waals surface area contributed by atoms with E-state index in [2.05, 4.69) is 35.4 Å². The number of nitrogens with zero attached hydrogens (tertiary/aromatic N) is 3. The lowest BCUT2D eigenvalue weighted by molar-refractivity contribution is 0.683. The average Bonchev–Trinajstić information content (AvgIpc) is 2.92. The van der Waals surface area contributed by atoms with Crippen LogP contribution in [0, 0.1) is 11.3 Å². The molecule has 0 amide bonds. The SMILES string of the molecule is N#CCc1cc(-c2ccccc2)n(Cc2ccccc2)n1. The van der Waals surface area contributed by atoms with Crippen LogP contribution >= 0.6 is 0 Å². The van der Waals surface area contributed by atoms with E-state index in [0.717, 1.165) is 17.0 Å². The first-order valence-corrected chi connectivity index (χ1v) is 6.90. The minimum Gasteiger partial charge on any atom is -0.260 e. The van der Waals surface area contributed by atoms with E-state index in [0.29, 0.717) is 13.0 Å². The third kappa shape index (κ3) is 3.01. The molecule has 0 radical (unpaired) electrons. The van der Waals surface area contributed by atoms with Crippen molar-refractivity contribution in [3.63, 3.8) is 0 Å². The Morgan fingerprint density at radius 1 is 0.952 bits per heavy atom. The zero-order valence-electron chi connectivity index (χ0n) is 11.6. The molecule has 1 heterocycles. The van der Waals surface area contributed by atoms with Gasteiger partial charge in [-0.05, 0) is 17.2 Å². The molecule has 1 aromatic heterocycles. The Kier molecular flexibility index (Phi) is 3.79. The summed E-state index contributed by atoms with van der Waals surface area (Å²) < 4.78 is 1.97. The van der Waals surface area contributed by atoms with Crippen LogP contribution in [0.15, 0.2) is 66.7 Å². The Labute approximate surface area is 124 Å². The van der Waals surface area contributed by atoms with E-state index in [4.69, 9.17) is 5.26 Å². The summed E-state index contributed by atoms with van der Waals surface area (Å²) in [7, 11) is 0. The van der Waals surface area contributed by atoms with Crippen LogP contribution in [-0.2, 0) is 13.0 Å².